The fraction of sp³-hybridized carbons (Fsp3) is 0. The van der Waals surface area contributed by atoms with Crippen molar-refractivity contribution in [2.24, 2.45) is 0 Å². The molecule has 0 amide bonds. The van der Waals surface area contributed by atoms with E-state index >= 15 is 0 Å². The van der Waals surface area contributed by atoms with Gasteiger partial charge in [0.1, 0.15) is 0 Å². The molecule has 0 bridgehead atoms. The average Bonchev–Trinajstić information content (AvgIpc) is 3.62. The van der Waals surface area contributed by atoms with E-state index in [1.165, 1.54) is 77.2 Å². The summed E-state index contributed by atoms with van der Waals surface area (Å²) in [7, 11) is 0. The van der Waals surface area contributed by atoms with Gasteiger partial charge in [-0.15, -0.1) is 0 Å². The number of nitrogens with zero attached hydrogens (tertiary/aromatic N) is 2. The highest BCUT2D eigenvalue weighted by atomic mass is 15.1. The lowest BCUT2D eigenvalue weighted by Crippen LogP contribution is -2.09. The summed E-state index contributed by atoms with van der Waals surface area (Å²) in [6.07, 6.45) is 3.70. The maximum atomic E-state index is 4.23. The molecule has 2 heteroatoms. The number of fused-ring (bicyclic) bond motifs is 4. The van der Waals surface area contributed by atoms with Gasteiger partial charge in [0.25, 0.3) is 0 Å². The zero-order valence-corrected chi connectivity index (χ0v) is 31.2. The van der Waals surface area contributed by atoms with E-state index in [9.17, 15) is 0 Å². The Morgan fingerprint density at radius 2 is 0.772 bits per heavy atom. The zero-order valence-electron chi connectivity index (χ0n) is 31.2. The van der Waals surface area contributed by atoms with Crippen LogP contribution in [-0.4, -0.2) is 4.98 Å². The van der Waals surface area contributed by atoms with Crippen molar-refractivity contribution in [3.8, 4) is 66.8 Å². The van der Waals surface area contributed by atoms with Gasteiger partial charge in [-0.1, -0.05) is 158 Å². The van der Waals surface area contributed by atoms with Crippen LogP contribution in [0.2, 0.25) is 0 Å². The number of rotatable bonds is 7. The molecule has 266 valence electrons. The molecule has 0 atom stereocenters. The van der Waals surface area contributed by atoms with Crippen LogP contribution in [0.4, 0.5) is 17.1 Å². The fourth-order valence-electron chi connectivity index (χ4n) is 9.04. The normalized spacial score (nSPS) is 11.5. The first-order valence-electron chi connectivity index (χ1n) is 19.5. The maximum Gasteiger partial charge on any atom is 0.0467 e. The van der Waals surface area contributed by atoms with Crippen molar-refractivity contribution in [1.29, 1.82) is 0 Å². The predicted molar refractivity (Wildman–Crippen MR) is 240 cm³/mol. The van der Waals surface area contributed by atoms with Crippen LogP contribution in [0.3, 0.4) is 0 Å². The van der Waals surface area contributed by atoms with Crippen LogP contribution in [0.25, 0.3) is 88.3 Å². The summed E-state index contributed by atoms with van der Waals surface area (Å²) in [6.45, 7) is 0. The molecule has 0 N–H and O–H groups in total. The van der Waals surface area contributed by atoms with E-state index in [-0.39, 0.29) is 0 Å². The van der Waals surface area contributed by atoms with E-state index in [1.54, 1.807) is 0 Å². The first kappa shape index (κ1) is 32.8. The largest absolute Gasteiger partial charge is 0.310 e. The van der Waals surface area contributed by atoms with Gasteiger partial charge < -0.3 is 4.90 Å². The van der Waals surface area contributed by atoms with Gasteiger partial charge in [-0.3, -0.25) is 4.98 Å². The number of hydrogen-bond donors (Lipinski definition) is 0. The summed E-state index contributed by atoms with van der Waals surface area (Å²) in [5.74, 6) is 0. The Kier molecular flexibility index (Phi) is 7.86. The molecule has 1 aromatic heterocycles. The second-order valence-corrected chi connectivity index (χ2v) is 14.7. The third-order valence-electron chi connectivity index (χ3n) is 11.5. The molecule has 1 heterocycles. The van der Waals surface area contributed by atoms with Gasteiger partial charge >= 0.3 is 0 Å². The summed E-state index contributed by atoms with van der Waals surface area (Å²) >= 11 is 0. The van der Waals surface area contributed by atoms with Crippen LogP contribution in [-0.2, 0) is 0 Å². The lowest BCUT2D eigenvalue weighted by atomic mass is 9.82. The summed E-state index contributed by atoms with van der Waals surface area (Å²) in [5, 5.41) is 5.13. The van der Waals surface area contributed by atoms with Gasteiger partial charge in [0.2, 0.25) is 0 Å². The van der Waals surface area contributed by atoms with Gasteiger partial charge in [-0.05, 0) is 137 Å². The molecular formula is C55H36N2. The van der Waals surface area contributed by atoms with E-state index in [1.807, 2.05) is 12.4 Å². The Labute approximate surface area is 332 Å². The van der Waals surface area contributed by atoms with Crippen LogP contribution in [0.15, 0.2) is 219 Å². The van der Waals surface area contributed by atoms with Crippen LogP contribution in [0.5, 0.6) is 0 Å². The number of anilines is 3. The molecule has 1 aliphatic carbocycles. The second-order valence-electron chi connectivity index (χ2n) is 14.7. The van der Waals surface area contributed by atoms with Crippen molar-refractivity contribution in [2.75, 3.05) is 4.90 Å². The van der Waals surface area contributed by atoms with Gasteiger partial charge in [0, 0.05) is 29.5 Å². The Bertz CT molecular complexity index is 2990. The molecule has 0 spiro atoms. The lowest BCUT2D eigenvalue weighted by Gasteiger charge is -2.26. The van der Waals surface area contributed by atoms with Crippen LogP contribution >= 0.6 is 0 Å². The van der Waals surface area contributed by atoms with Gasteiger partial charge in [0.15, 0.2) is 0 Å². The zero-order chi connectivity index (χ0) is 37.7. The quantitative estimate of drug-likeness (QED) is 0.163. The minimum atomic E-state index is 1.10. The molecule has 9 aromatic carbocycles. The van der Waals surface area contributed by atoms with Gasteiger partial charge in [0.05, 0.1) is 0 Å². The van der Waals surface area contributed by atoms with Crippen molar-refractivity contribution in [2.45, 2.75) is 0 Å². The van der Waals surface area contributed by atoms with Crippen LogP contribution < -0.4 is 4.90 Å². The standard InChI is InChI=1S/C55H36N2/c1-4-14-39(15-5-1)51-47-22-10-11-23-48(47)52(40-16-6-2-7-17-40)55-50-31-30-45(46-24-13-25-49(53(46)50)54(51)55)38-26-28-43(29-27-38)57(42-19-8-3-9-20-42)44-21-12-18-41(36-44)37-32-34-56-35-33-37/h1-36H. The molecule has 57 heavy (non-hydrogen) atoms. The van der Waals surface area contributed by atoms with E-state index in [0.29, 0.717) is 0 Å². The summed E-state index contributed by atoms with van der Waals surface area (Å²) in [6, 6.07) is 75.0. The number of benzene rings is 9. The molecule has 10 aromatic rings. The lowest BCUT2D eigenvalue weighted by molar-refractivity contribution is 1.28. The highest BCUT2D eigenvalue weighted by molar-refractivity contribution is 6.28. The molecule has 1 aliphatic rings. The number of aromatic nitrogens is 1. The minimum absolute atomic E-state index is 1.10. The van der Waals surface area contributed by atoms with Crippen molar-refractivity contribution >= 4 is 38.6 Å². The molecule has 2 nitrogen and oxygen atoms in total. The highest BCUT2D eigenvalue weighted by Gasteiger charge is 2.31. The van der Waals surface area contributed by atoms with E-state index in [2.05, 4.69) is 216 Å². The molecule has 11 rings (SSSR count). The van der Waals surface area contributed by atoms with Gasteiger partial charge in [-0.25, -0.2) is 0 Å². The first-order valence-corrected chi connectivity index (χ1v) is 19.5. The summed E-state index contributed by atoms with van der Waals surface area (Å²) < 4.78 is 0. The van der Waals surface area contributed by atoms with Crippen LogP contribution in [0.1, 0.15) is 0 Å². The van der Waals surface area contributed by atoms with Crippen molar-refractivity contribution in [1.82, 2.24) is 4.98 Å². The van der Waals surface area contributed by atoms with Crippen molar-refractivity contribution < 1.29 is 0 Å². The van der Waals surface area contributed by atoms with E-state index < -0.39 is 0 Å². The molecule has 0 aliphatic heterocycles. The fourth-order valence-corrected chi connectivity index (χ4v) is 9.04. The second kappa shape index (κ2) is 13.6. The Morgan fingerprint density at radius 1 is 0.281 bits per heavy atom. The molecular weight excluding hydrogens is 689 g/mol. The Hall–Kier alpha value is -7.55. The predicted octanol–water partition coefficient (Wildman–Crippen LogP) is 15.2. The molecule has 0 unspecified atom stereocenters. The molecule has 0 saturated carbocycles. The third-order valence-corrected chi connectivity index (χ3v) is 11.5. The van der Waals surface area contributed by atoms with E-state index in [0.717, 1.165) is 28.2 Å². The average molecular weight is 725 g/mol. The monoisotopic (exact) mass is 724 g/mol. The Balaban J connectivity index is 1.08. The minimum Gasteiger partial charge on any atom is -0.310 e. The van der Waals surface area contributed by atoms with E-state index in [4.69, 9.17) is 0 Å². The maximum absolute atomic E-state index is 4.23. The highest BCUT2D eigenvalue weighted by Crippen LogP contribution is 2.58. The summed E-state index contributed by atoms with van der Waals surface area (Å²) in [4.78, 5) is 6.57. The first-order chi connectivity index (χ1) is 28.3. The Morgan fingerprint density at radius 3 is 1.42 bits per heavy atom. The molecule has 0 fully saturated rings. The third kappa shape index (κ3) is 5.45. The number of para-hydroxylation sites is 1. The number of pyridine rings is 1. The topological polar surface area (TPSA) is 16.1 Å². The molecule has 0 radical (unpaired) electrons. The summed E-state index contributed by atoms with van der Waals surface area (Å²) in [5.41, 5.74) is 18.3. The van der Waals surface area contributed by atoms with Crippen molar-refractivity contribution in [3.63, 3.8) is 0 Å². The smallest absolute Gasteiger partial charge is 0.0467 e. The molecule has 0 saturated heterocycles. The SMILES string of the molecule is c1ccc(-c2c3c(c(-c4ccccc4)c4ccccc24)-c2ccc(-c4ccc(N(c5ccccc5)c5cccc(-c6ccncc6)c5)cc4)c4cccc-3c24)cc1. The number of hydrogen-bond acceptors (Lipinski definition) is 2. The van der Waals surface area contributed by atoms with Crippen molar-refractivity contribution in [3.05, 3.63) is 219 Å². The van der Waals surface area contributed by atoms with Crippen LogP contribution in [0, 0.1) is 0 Å². The van der Waals surface area contributed by atoms with Gasteiger partial charge in [-0.2, -0.15) is 0 Å².